The van der Waals surface area contributed by atoms with Crippen molar-refractivity contribution in [2.75, 3.05) is 11.9 Å². The molecule has 1 heterocycles. The predicted molar refractivity (Wildman–Crippen MR) is 65.8 cm³/mol. The van der Waals surface area contributed by atoms with E-state index in [0.29, 0.717) is 12.2 Å². The average molecular weight is 240 g/mol. The first-order chi connectivity index (χ1) is 7.99. The number of aryl methyl sites for hydroxylation is 1. The Morgan fingerprint density at radius 2 is 2.35 bits per heavy atom. The lowest BCUT2D eigenvalue weighted by molar-refractivity contribution is 0.208. The van der Waals surface area contributed by atoms with Crippen molar-refractivity contribution in [3.63, 3.8) is 0 Å². The number of carbonyl (C=O) groups excluding carboxylic acids is 1. The van der Waals surface area contributed by atoms with Gasteiger partial charge in [-0.1, -0.05) is 6.92 Å². The van der Waals surface area contributed by atoms with Gasteiger partial charge in [0, 0.05) is 31.5 Å². The van der Waals surface area contributed by atoms with Gasteiger partial charge in [-0.3, -0.25) is 10.00 Å². The number of nitrogens with one attached hydrogen (secondary N) is 2. The van der Waals surface area contributed by atoms with Crippen LogP contribution in [-0.2, 0) is 7.05 Å². The molecule has 0 saturated heterocycles. The fourth-order valence-electron chi connectivity index (χ4n) is 1.48. The molecule has 0 spiro atoms. The Kier molecular flexibility index (Phi) is 4.51. The largest absolute Gasteiger partial charge is 0.396 e. The molecule has 6 heteroatoms. The maximum Gasteiger partial charge on any atom is 0.320 e. The minimum atomic E-state index is -0.395. The third kappa shape index (κ3) is 4.07. The highest BCUT2D eigenvalue weighted by Gasteiger charge is 2.23. The first-order valence-electron chi connectivity index (χ1n) is 5.69. The van der Waals surface area contributed by atoms with Crippen molar-refractivity contribution in [2.24, 2.45) is 7.05 Å². The van der Waals surface area contributed by atoms with E-state index in [2.05, 4.69) is 15.7 Å². The van der Waals surface area contributed by atoms with Gasteiger partial charge in [0.25, 0.3) is 0 Å². The van der Waals surface area contributed by atoms with E-state index >= 15 is 0 Å². The van der Waals surface area contributed by atoms with Crippen molar-refractivity contribution >= 4 is 11.8 Å². The molecule has 1 aromatic rings. The maximum absolute atomic E-state index is 11.7. The smallest absolute Gasteiger partial charge is 0.320 e. The summed E-state index contributed by atoms with van der Waals surface area (Å²) in [6, 6.07) is 1.41. The molecule has 0 aliphatic heterocycles. The van der Waals surface area contributed by atoms with Gasteiger partial charge in [0.05, 0.1) is 0 Å². The summed E-state index contributed by atoms with van der Waals surface area (Å²) in [6.45, 7) is 3.92. The molecule has 17 heavy (non-hydrogen) atoms. The number of anilines is 1. The Morgan fingerprint density at radius 1 is 1.65 bits per heavy atom. The maximum atomic E-state index is 11.7. The minimum absolute atomic E-state index is 0.0498. The second-order valence-corrected chi connectivity index (χ2v) is 4.34. The minimum Gasteiger partial charge on any atom is -0.396 e. The van der Waals surface area contributed by atoms with Gasteiger partial charge in [0.2, 0.25) is 0 Å². The van der Waals surface area contributed by atoms with Crippen LogP contribution in [0.2, 0.25) is 0 Å². The van der Waals surface area contributed by atoms with E-state index in [1.165, 1.54) is 0 Å². The van der Waals surface area contributed by atoms with Gasteiger partial charge in [-0.05, 0) is 19.8 Å². The molecule has 0 aliphatic carbocycles. The van der Waals surface area contributed by atoms with Crippen LogP contribution >= 0.6 is 0 Å². The lowest BCUT2D eigenvalue weighted by atomic mass is 9.95. The second kappa shape index (κ2) is 5.67. The lowest BCUT2D eigenvalue weighted by Crippen LogP contribution is -2.48. The quantitative estimate of drug-likeness (QED) is 0.721. The van der Waals surface area contributed by atoms with E-state index in [9.17, 15) is 4.79 Å². The molecule has 0 saturated carbocycles. The van der Waals surface area contributed by atoms with Crippen molar-refractivity contribution in [1.29, 1.82) is 0 Å². The average Bonchev–Trinajstić information content (AvgIpc) is 2.64. The molecule has 96 valence electrons. The van der Waals surface area contributed by atoms with Crippen LogP contribution in [0.15, 0.2) is 12.3 Å². The molecular formula is C11H20N4O2. The van der Waals surface area contributed by atoms with Crippen LogP contribution in [-0.4, -0.2) is 33.1 Å². The highest BCUT2D eigenvalue weighted by molar-refractivity contribution is 5.88. The third-order valence-corrected chi connectivity index (χ3v) is 2.81. The van der Waals surface area contributed by atoms with Crippen molar-refractivity contribution in [1.82, 2.24) is 15.1 Å². The van der Waals surface area contributed by atoms with E-state index in [0.717, 1.165) is 6.42 Å². The van der Waals surface area contributed by atoms with Gasteiger partial charge in [0.15, 0.2) is 5.82 Å². The summed E-state index contributed by atoms with van der Waals surface area (Å²) in [5.74, 6) is 0.507. The van der Waals surface area contributed by atoms with Crippen LogP contribution < -0.4 is 10.6 Å². The Balaban J connectivity index is 2.53. The SMILES string of the molecule is CCC(C)(CCO)NC(=O)Nc1ccn(C)n1. The highest BCUT2D eigenvalue weighted by atomic mass is 16.3. The zero-order valence-corrected chi connectivity index (χ0v) is 10.5. The number of hydrogen-bond donors (Lipinski definition) is 3. The Bertz CT molecular complexity index is 377. The topological polar surface area (TPSA) is 79.2 Å². The first kappa shape index (κ1) is 13.5. The molecule has 1 unspecified atom stereocenters. The molecule has 1 atom stereocenters. The summed E-state index contributed by atoms with van der Waals surface area (Å²) in [4.78, 5) is 11.7. The summed E-state index contributed by atoms with van der Waals surface area (Å²) in [6.07, 6.45) is 3.03. The standard InChI is InChI=1S/C11H20N4O2/c1-4-11(2,6-8-16)13-10(17)12-9-5-7-15(3)14-9/h5,7,16H,4,6,8H2,1-3H3,(H2,12,13,14,17). The number of aliphatic hydroxyl groups excluding tert-OH is 1. The van der Waals surface area contributed by atoms with Gasteiger partial charge in [-0.2, -0.15) is 5.10 Å². The summed E-state index contributed by atoms with van der Waals surface area (Å²) in [5, 5.41) is 18.5. The first-order valence-corrected chi connectivity index (χ1v) is 5.69. The van der Waals surface area contributed by atoms with Gasteiger partial charge >= 0.3 is 6.03 Å². The number of hydrogen-bond acceptors (Lipinski definition) is 3. The summed E-state index contributed by atoms with van der Waals surface area (Å²) in [7, 11) is 1.78. The van der Waals surface area contributed by atoms with Crippen LogP contribution in [0, 0.1) is 0 Å². The molecule has 0 aromatic carbocycles. The van der Waals surface area contributed by atoms with Crippen LogP contribution in [0.3, 0.4) is 0 Å². The zero-order valence-electron chi connectivity index (χ0n) is 10.5. The Hall–Kier alpha value is -1.56. The number of aromatic nitrogens is 2. The Labute approximate surface area is 101 Å². The number of amides is 2. The van der Waals surface area contributed by atoms with Gasteiger partial charge < -0.3 is 10.4 Å². The van der Waals surface area contributed by atoms with Crippen molar-refractivity contribution in [3.8, 4) is 0 Å². The summed E-state index contributed by atoms with van der Waals surface area (Å²) in [5.41, 5.74) is -0.395. The lowest BCUT2D eigenvalue weighted by Gasteiger charge is -2.28. The molecular weight excluding hydrogens is 220 g/mol. The van der Waals surface area contributed by atoms with Crippen LogP contribution in [0.25, 0.3) is 0 Å². The fraction of sp³-hybridized carbons (Fsp3) is 0.636. The van der Waals surface area contributed by atoms with E-state index < -0.39 is 5.54 Å². The van der Waals surface area contributed by atoms with E-state index in [-0.39, 0.29) is 12.6 Å². The zero-order chi connectivity index (χ0) is 12.9. The van der Waals surface area contributed by atoms with E-state index in [1.54, 1.807) is 24.0 Å². The molecule has 0 radical (unpaired) electrons. The van der Waals surface area contributed by atoms with Crippen molar-refractivity contribution in [3.05, 3.63) is 12.3 Å². The summed E-state index contributed by atoms with van der Waals surface area (Å²) >= 11 is 0. The third-order valence-electron chi connectivity index (χ3n) is 2.81. The molecule has 1 aromatic heterocycles. The highest BCUT2D eigenvalue weighted by Crippen LogP contribution is 2.14. The molecule has 3 N–H and O–H groups in total. The summed E-state index contributed by atoms with van der Waals surface area (Å²) < 4.78 is 1.61. The monoisotopic (exact) mass is 240 g/mol. The molecule has 2 amide bonds. The molecule has 0 aliphatic rings. The van der Waals surface area contributed by atoms with Crippen LogP contribution in [0.5, 0.6) is 0 Å². The Morgan fingerprint density at radius 3 is 2.82 bits per heavy atom. The predicted octanol–water partition coefficient (Wildman–Crippen LogP) is 1.09. The van der Waals surface area contributed by atoms with E-state index in [1.807, 2.05) is 13.8 Å². The second-order valence-electron chi connectivity index (χ2n) is 4.34. The fourth-order valence-corrected chi connectivity index (χ4v) is 1.48. The van der Waals surface area contributed by atoms with Crippen molar-refractivity contribution < 1.29 is 9.90 Å². The van der Waals surface area contributed by atoms with Crippen LogP contribution in [0.1, 0.15) is 26.7 Å². The van der Waals surface area contributed by atoms with Gasteiger partial charge in [-0.25, -0.2) is 4.79 Å². The van der Waals surface area contributed by atoms with Gasteiger partial charge in [-0.15, -0.1) is 0 Å². The number of nitrogens with zero attached hydrogens (tertiary/aromatic N) is 2. The number of urea groups is 1. The van der Waals surface area contributed by atoms with Gasteiger partial charge in [0.1, 0.15) is 0 Å². The van der Waals surface area contributed by atoms with Crippen molar-refractivity contribution in [2.45, 2.75) is 32.2 Å². The number of aliphatic hydroxyl groups is 1. The normalized spacial score (nSPS) is 14.1. The molecule has 0 fully saturated rings. The molecule has 1 rings (SSSR count). The number of carbonyl (C=O) groups is 1. The van der Waals surface area contributed by atoms with Crippen LogP contribution in [0.4, 0.5) is 10.6 Å². The molecule has 0 bridgehead atoms. The van der Waals surface area contributed by atoms with E-state index in [4.69, 9.17) is 5.11 Å². The molecule has 6 nitrogen and oxygen atoms in total. The number of rotatable bonds is 5.